The van der Waals surface area contributed by atoms with Crippen molar-refractivity contribution >= 4 is 5.91 Å². The first-order valence-electron chi connectivity index (χ1n) is 8.05. The predicted molar refractivity (Wildman–Crippen MR) is 89.8 cm³/mol. The van der Waals surface area contributed by atoms with Gasteiger partial charge in [-0.1, -0.05) is 48.5 Å². The molecule has 1 saturated heterocycles. The molecule has 0 saturated carbocycles. The van der Waals surface area contributed by atoms with E-state index in [-0.39, 0.29) is 18.6 Å². The van der Waals surface area contributed by atoms with Crippen molar-refractivity contribution in [2.45, 2.75) is 12.1 Å². The standard InChI is InChI=1S/C19H21NO4/c21-19(18-14-22-11-12-23-18)20-17(15-7-3-1-4-8-15)13-24-16-9-5-2-6-10-16/h1-10,17-18H,11-14H2,(H,20,21)/t17-,18+/m0/s1. The molecule has 0 spiro atoms. The van der Waals surface area contributed by atoms with Gasteiger partial charge < -0.3 is 19.5 Å². The van der Waals surface area contributed by atoms with E-state index in [1.54, 1.807) is 0 Å². The molecule has 126 valence electrons. The molecule has 1 amide bonds. The van der Waals surface area contributed by atoms with Crippen LogP contribution in [0.1, 0.15) is 11.6 Å². The van der Waals surface area contributed by atoms with E-state index < -0.39 is 6.10 Å². The molecule has 0 unspecified atom stereocenters. The van der Waals surface area contributed by atoms with Gasteiger partial charge in [-0.25, -0.2) is 0 Å². The highest BCUT2D eigenvalue weighted by Crippen LogP contribution is 2.17. The number of carbonyl (C=O) groups is 1. The van der Waals surface area contributed by atoms with E-state index in [4.69, 9.17) is 14.2 Å². The smallest absolute Gasteiger partial charge is 0.252 e. The van der Waals surface area contributed by atoms with E-state index in [0.29, 0.717) is 19.8 Å². The molecule has 2 aromatic rings. The van der Waals surface area contributed by atoms with Crippen LogP contribution in [0.4, 0.5) is 0 Å². The van der Waals surface area contributed by atoms with Gasteiger partial charge in [0.15, 0.2) is 6.10 Å². The van der Waals surface area contributed by atoms with Crippen LogP contribution in [-0.2, 0) is 14.3 Å². The van der Waals surface area contributed by atoms with Gasteiger partial charge in [0.25, 0.3) is 5.91 Å². The minimum absolute atomic E-state index is 0.180. The highest BCUT2D eigenvalue weighted by atomic mass is 16.6. The van der Waals surface area contributed by atoms with Crippen molar-refractivity contribution in [2.24, 2.45) is 0 Å². The van der Waals surface area contributed by atoms with Crippen LogP contribution >= 0.6 is 0 Å². The molecule has 1 aliphatic rings. The minimum Gasteiger partial charge on any atom is -0.491 e. The van der Waals surface area contributed by atoms with Gasteiger partial charge in [0.05, 0.1) is 25.9 Å². The van der Waals surface area contributed by atoms with E-state index in [1.807, 2.05) is 60.7 Å². The van der Waals surface area contributed by atoms with Gasteiger partial charge in [0.1, 0.15) is 12.4 Å². The summed E-state index contributed by atoms with van der Waals surface area (Å²) in [6.07, 6.45) is -0.568. The van der Waals surface area contributed by atoms with Gasteiger partial charge in [-0.15, -0.1) is 0 Å². The molecule has 3 rings (SSSR count). The normalized spacial score (nSPS) is 18.6. The molecule has 0 bridgehead atoms. The second-order valence-corrected chi connectivity index (χ2v) is 5.53. The summed E-state index contributed by atoms with van der Waals surface area (Å²) < 4.78 is 16.6. The monoisotopic (exact) mass is 327 g/mol. The predicted octanol–water partition coefficient (Wildman–Crippen LogP) is 2.34. The maximum Gasteiger partial charge on any atom is 0.252 e. The Bertz CT molecular complexity index is 626. The molecule has 5 nitrogen and oxygen atoms in total. The second kappa shape index (κ2) is 8.47. The third kappa shape index (κ3) is 4.57. The zero-order valence-electron chi connectivity index (χ0n) is 13.4. The number of hydrogen-bond acceptors (Lipinski definition) is 4. The van der Waals surface area contributed by atoms with Crippen molar-refractivity contribution in [2.75, 3.05) is 26.4 Å². The van der Waals surface area contributed by atoms with E-state index in [1.165, 1.54) is 0 Å². The Balaban J connectivity index is 1.66. The molecule has 0 radical (unpaired) electrons. The van der Waals surface area contributed by atoms with Crippen molar-refractivity contribution in [1.82, 2.24) is 5.32 Å². The summed E-state index contributed by atoms with van der Waals surface area (Å²) in [6.45, 7) is 1.60. The Morgan fingerprint density at radius 1 is 1.08 bits per heavy atom. The second-order valence-electron chi connectivity index (χ2n) is 5.53. The highest BCUT2D eigenvalue weighted by molar-refractivity contribution is 5.81. The van der Waals surface area contributed by atoms with Crippen molar-refractivity contribution in [3.05, 3.63) is 66.2 Å². The van der Waals surface area contributed by atoms with E-state index in [0.717, 1.165) is 11.3 Å². The molecular weight excluding hydrogens is 306 g/mol. The summed E-state index contributed by atoms with van der Waals surface area (Å²) >= 11 is 0. The Kier molecular flexibility index (Phi) is 5.82. The summed E-state index contributed by atoms with van der Waals surface area (Å²) in [6, 6.07) is 19.1. The lowest BCUT2D eigenvalue weighted by atomic mass is 10.1. The van der Waals surface area contributed by atoms with E-state index in [9.17, 15) is 4.79 Å². The van der Waals surface area contributed by atoms with Crippen LogP contribution in [0.2, 0.25) is 0 Å². The van der Waals surface area contributed by atoms with E-state index in [2.05, 4.69) is 5.32 Å². The molecule has 1 fully saturated rings. The first kappa shape index (κ1) is 16.5. The largest absolute Gasteiger partial charge is 0.491 e. The fraction of sp³-hybridized carbons (Fsp3) is 0.316. The summed E-state index contributed by atoms with van der Waals surface area (Å²) in [7, 11) is 0. The van der Waals surface area contributed by atoms with Crippen LogP contribution in [0.25, 0.3) is 0 Å². The lowest BCUT2D eigenvalue weighted by molar-refractivity contribution is -0.148. The van der Waals surface area contributed by atoms with E-state index >= 15 is 0 Å². The van der Waals surface area contributed by atoms with Crippen molar-refractivity contribution in [3.8, 4) is 5.75 Å². The minimum atomic E-state index is -0.568. The fourth-order valence-corrected chi connectivity index (χ4v) is 2.51. The van der Waals surface area contributed by atoms with Gasteiger partial charge in [-0.05, 0) is 17.7 Å². The first-order valence-corrected chi connectivity index (χ1v) is 8.05. The molecule has 0 aliphatic carbocycles. The molecule has 24 heavy (non-hydrogen) atoms. The average Bonchev–Trinajstić information content (AvgIpc) is 2.67. The lowest BCUT2D eigenvalue weighted by Gasteiger charge is -2.25. The zero-order valence-corrected chi connectivity index (χ0v) is 13.4. The van der Waals surface area contributed by atoms with Gasteiger partial charge in [0.2, 0.25) is 0 Å². The number of rotatable bonds is 6. The van der Waals surface area contributed by atoms with Gasteiger partial charge in [-0.3, -0.25) is 4.79 Å². The SMILES string of the molecule is O=C(N[C@@H](COc1ccccc1)c1ccccc1)[C@H]1COCCO1. The number of hydrogen-bond donors (Lipinski definition) is 1. The number of amides is 1. The molecule has 1 heterocycles. The van der Waals surface area contributed by atoms with Crippen molar-refractivity contribution in [1.29, 1.82) is 0 Å². The highest BCUT2D eigenvalue weighted by Gasteiger charge is 2.25. The third-order valence-electron chi connectivity index (χ3n) is 3.79. The Hall–Kier alpha value is -2.37. The van der Waals surface area contributed by atoms with Crippen LogP contribution < -0.4 is 10.1 Å². The molecule has 5 heteroatoms. The number of para-hydroxylation sites is 1. The Morgan fingerprint density at radius 3 is 2.46 bits per heavy atom. The number of benzene rings is 2. The Labute approximate surface area is 141 Å². The van der Waals surface area contributed by atoms with Gasteiger partial charge in [-0.2, -0.15) is 0 Å². The van der Waals surface area contributed by atoms with Crippen LogP contribution in [0.5, 0.6) is 5.75 Å². The molecule has 1 aliphatic heterocycles. The van der Waals surface area contributed by atoms with Gasteiger partial charge >= 0.3 is 0 Å². The summed E-state index contributed by atoms with van der Waals surface area (Å²) in [4.78, 5) is 12.4. The van der Waals surface area contributed by atoms with Gasteiger partial charge in [0, 0.05) is 0 Å². The van der Waals surface area contributed by atoms with Crippen LogP contribution in [0.15, 0.2) is 60.7 Å². The molecular formula is C19H21NO4. The van der Waals surface area contributed by atoms with Crippen molar-refractivity contribution in [3.63, 3.8) is 0 Å². The summed E-state index contributed by atoms with van der Waals surface area (Å²) in [5, 5.41) is 3.00. The topological polar surface area (TPSA) is 56.8 Å². The van der Waals surface area contributed by atoms with Crippen LogP contribution in [0.3, 0.4) is 0 Å². The molecule has 0 aromatic heterocycles. The first-order chi connectivity index (χ1) is 11.8. The summed E-state index contributed by atoms with van der Waals surface area (Å²) in [5.74, 6) is 0.588. The number of ether oxygens (including phenoxy) is 3. The van der Waals surface area contributed by atoms with Crippen LogP contribution in [-0.4, -0.2) is 38.4 Å². The molecule has 2 atom stereocenters. The quantitative estimate of drug-likeness (QED) is 0.885. The Morgan fingerprint density at radius 2 is 1.79 bits per heavy atom. The fourth-order valence-electron chi connectivity index (χ4n) is 2.51. The van der Waals surface area contributed by atoms with Crippen molar-refractivity contribution < 1.29 is 19.0 Å². The molecule has 2 aromatic carbocycles. The lowest BCUT2D eigenvalue weighted by Crippen LogP contribution is -2.45. The number of nitrogens with one attached hydrogen (secondary N) is 1. The maximum atomic E-state index is 12.4. The zero-order chi connectivity index (χ0) is 16.6. The third-order valence-corrected chi connectivity index (χ3v) is 3.79. The van der Waals surface area contributed by atoms with Crippen LogP contribution in [0, 0.1) is 0 Å². The summed E-state index contributed by atoms with van der Waals surface area (Å²) in [5.41, 5.74) is 0.985. The number of carbonyl (C=O) groups excluding carboxylic acids is 1. The maximum absolute atomic E-state index is 12.4. The molecule has 1 N–H and O–H groups in total. The average molecular weight is 327 g/mol.